The Morgan fingerprint density at radius 2 is 1.97 bits per heavy atom. The van der Waals surface area contributed by atoms with Crippen molar-refractivity contribution in [1.82, 2.24) is 4.90 Å². The second-order valence-corrected chi connectivity index (χ2v) is 8.01. The summed E-state index contributed by atoms with van der Waals surface area (Å²) in [4.78, 5) is 37.2. The molecule has 1 aliphatic heterocycles. The minimum absolute atomic E-state index is 0.179. The highest BCUT2D eigenvalue weighted by molar-refractivity contribution is 8.18. The Labute approximate surface area is 187 Å². The maximum atomic E-state index is 12.5. The van der Waals surface area contributed by atoms with E-state index in [1.165, 1.54) is 0 Å². The van der Waals surface area contributed by atoms with Crippen LogP contribution in [0.3, 0.4) is 0 Å². The molecule has 1 heterocycles. The molecule has 9 heteroatoms. The van der Waals surface area contributed by atoms with Crippen LogP contribution in [-0.4, -0.2) is 35.2 Å². The topological polar surface area (TPSA) is 72.9 Å². The Bertz CT molecular complexity index is 1020. The van der Waals surface area contributed by atoms with E-state index in [9.17, 15) is 14.4 Å². The third-order valence-electron chi connectivity index (χ3n) is 4.03. The van der Waals surface area contributed by atoms with Gasteiger partial charge in [-0.2, -0.15) is 0 Å². The molecule has 3 rings (SSSR count). The second-order valence-electron chi connectivity index (χ2n) is 6.17. The third kappa shape index (κ3) is 5.56. The molecule has 6 nitrogen and oxygen atoms in total. The molecule has 0 saturated carbocycles. The average molecular weight is 466 g/mol. The van der Waals surface area contributed by atoms with Crippen LogP contribution in [0.4, 0.5) is 4.79 Å². The SMILES string of the molecule is CCOC(=O)CN1C(=O)S/C(=C\c2cccc(OCc3ccc(Cl)cc3Cl)c2)C1=O. The monoisotopic (exact) mass is 465 g/mol. The normalized spacial score (nSPS) is 15.0. The zero-order chi connectivity index (χ0) is 21.7. The molecule has 0 N–H and O–H groups in total. The maximum absolute atomic E-state index is 12.5. The number of rotatable bonds is 7. The summed E-state index contributed by atoms with van der Waals surface area (Å²) in [5, 5.41) is 0.542. The van der Waals surface area contributed by atoms with Gasteiger partial charge in [0.2, 0.25) is 0 Å². The molecule has 0 spiro atoms. The third-order valence-corrected chi connectivity index (χ3v) is 5.53. The number of hydrogen-bond donors (Lipinski definition) is 0. The number of imide groups is 1. The highest BCUT2D eigenvalue weighted by atomic mass is 35.5. The Morgan fingerprint density at radius 3 is 2.70 bits per heavy atom. The predicted molar refractivity (Wildman–Crippen MR) is 117 cm³/mol. The number of hydrogen-bond acceptors (Lipinski definition) is 6. The molecule has 2 aromatic carbocycles. The number of nitrogens with zero attached hydrogens (tertiary/aromatic N) is 1. The quantitative estimate of drug-likeness (QED) is 0.414. The first-order chi connectivity index (χ1) is 14.4. The molecular formula is C21H17Cl2NO5S. The predicted octanol–water partition coefficient (Wildman–Crippen LogP) is 5.17. The molecule has 0 unspecified atom stereocenters. The van der Waals surface area contributed by atoms with Crippen molar-refractivity contribution in [3.8, 4) is 5.75 Å². The molecule has 156 valence electrons. The number of ether oxygens (including phenoxy) is 2. The van der Waals surface area contributed by atoms with Crippen molar-refractivity contribution in [1.29, 1.82) is 0 Å². The van der Waals surface area contributed by atoms with Crippen LogP contribution < -0.4 is 4.74 Å². The van der Waals surface area contributed by atoms with E-state index in [0.717, 1.165) is 22.2 Å². The molecule has 2 aromatic rings. The molecule has 0 atom stereocenters. The first-order valence-electron chi connectivity index (χ1n) is 8.95. The van der Waals surface area contributed by atoms with Crippen LogP contribution in [0.1, 0.15) is 18.1 Å². The molecule has 1 aliphatic rings. The van der Waals surface area contributed by atoms with Crippen LogP contribution in [0.25, 0.3) is 6.08 Å². The zero-order valence-electron chi connectivity index (χ0n) is 15.9. The number of benzene rings is 2. The lowest BCUT2D eigenvalue weighted by molar-refractivity contribution is -0.145. The van der Waals surface area contributed by atoms with Crippen LogP contribution in [-0.2, 0) is 20.9 Å². The number of thioether (sulfide) groups is 1. The summed E-state index contributed by atoms with van der Waals surface area (Å²) in [6, 6.07) is 12.2. The molecule has 1 fully saturated rings. The average Bonchev–Trinajstić information content (AvgIpc) is 2.95. The van der Waals surface area contributed by atoms with Crippen LogP contribution in [0.2, 0.25) is 10.0 Å². The van der Waals surface area contributed by atoms with Crippen LogP contribution in [0.5, 0.6) is 5.75 Å². The van der Waals surface area contributed by atoms with E-state index in [4.69, 9.17) is 32.7 Å². The summed E-state index contributed by atoms with van der Waals surface area (Å²) in [7, 11) is 0. The van der Waals surface area contributed by atoms with Crippen molar-refractivity contribution in [2.45, 2.75) is 13.5 Å². The van der Waals surface area contributed by atoms with Gasteiger partial charge in [0.25, 0.3) is 11.1 Å². The summed E-state index contributed by atoms with van der Waals surface area (Å²) in [6.07, 6.45) is 1.58. The molecule has 0 bridgehead atoms. The van der Waals surface area contributed by atoms with Gasteiger partial charge in [0, 0.05) is 15.6 Å². The fourth-order valence-electron chi connectivity index (χ4n) is 2.62. The van der Waals surface area contributed by atoms with Gasteiger partial charge in [0.05, 0.1) is 11.5 Å². The minimum Gasteiger partial charge on any atom is -0.489 e. The molecule has 1 saturated heterocycles. The summed E-state index contributed by atoms with van der Waals surface area (Å²) in [6.45, 7) is 1.68. The summed E-state index contributed by atoms with van der Waals surface area (Å²) >= 11 is 12.8. The number of esters is 1. The summed E-state index contributed by atoms with van der Waals surface area (Å²) in [5.41, 5.74) is 1.46. The number of carbonyl (C=O) groups excluding carboxylic acids is 3. The van der Waals surface area contributed by atoms with Crippen molar-refractivity contribution >= 4 is 58.2 Å². The largest absolute Gasteiger partial charge is 0.489 e. The summed E-state index contributed by atoms with van der Waals surface area (Å²) < 4.78 is 10.6. The highest BCUT2D eigenvalue weighted by Gasteiger charge is 2.36. The van der Waals surface area contributed by atoms with Gasteiger partial charge in [-0.1, -0.05) is 41.4 Å². The Balaban J connectivity index is 1.69. The van der Waals surface area contributed by atoms with Crippen LogP contribution >= 0.6 is 35.0 Å². The van der Waals surface area contributed by atoms with E-state index >= 15 is 0 Å². The van der Waals surface area contributed by atoms with Crippen molar-refractivity contribution in [3.05, 3.63) is 68.5 Å². The lowest BCUT2D eigenvalue weighted by atomic mass is 10.2. The van der Waals surface area contributed by atoms with Crippen LogP contribution in [0.15, 0.2) is 47.4 Å². The van der Waals surface area contributed by atoms with Gasteiger partial charge < -0.3 is 9.47 Å². The van der Waals surface area contributed by atoms with Gasteiger partial charge in [0.1, 0.15) is 18.9 Å². The van der Waals surface area contributed by atoms with Gasteiger partial charge in [0.15, 0.2) is 0 Å². The first-order valence-corrected chi connectivity index (χ1v) is 10.5. The van der Waals surface area contributed by atoms with Gasteiger partial charge in [-0.05, 0) is 54.6 Å². The fraction of sp³-hybridized carbons (Fsp3) is 0.190. The minimum atomic E-state index is -0.627. The van der Waals surface area contributed by atoms with Gasteiger partial charge in [-0.25, -0.2) is 0 Å². The van der Waals surface area contributed by atoms with Gasteiger partial charge in [-0.3, -0.25) is 19.3 Å². The van der Waals surface area contributed by atoms with Crippen molar-refractivity contribution in [2.24, 2.45) is 0 Å². The highest BCUT2D eigenvalue weighted by Crippen LogP contribution is 2.32. The van der Waals surface area contributed by atoms with E-state index in [-0.39, 0.29) is 18.1 Å². The first kappa shape index (κ1) is 22.2. The van der Waals surface area contributed by atoms with Crippen molar-refractivity contribution < 1.29 is 23.9 Å². The molecule has 0 aromatic heterocycles. The van der Waals surface area contributed by atoms with Crippen molar-refractivity contribution in [3.63, 3.8) is 0 Å². The standard InChI is InChI=1S/C21H17Cl2NO5S/c1-2-28-19(25)11-24-20(26)18(30-21(24)27)9-13-4-3-5-16(8-13)29-12-14-6-7-15(22)10-17(14)23/h3-10H,2,11-12H2,1H3/b18-9-. The lowest BCUT2D eigenvalue weighted by Gasteiger charge is -2.10. The van der Waals surface area contributed by atoms with Gasteiger partial charge >= 0.3 is 5.97 Å². The van der Waals surface area contributed by atoms with E-state index in [0.29, 0.717) is 21.4 Å². The zero-order valence-corrected chi connectivity index (χ0v) is 18.2. The molecule has 0 radical (unpaired) electrons. The van der Waals surface area contributed by atoms with Crippen molar-refractivity contribution in [2.75, 3.05) is 13.2 Å². The molecule has 30 heavy (non-hydrogen) atoms. The Hall–Kier alpha value is -2.48. The van der Waals surface area contributed by atoms with E-state index < -0.39 is 23.7 Å². The summed E-state index contributed by atoms with van der Waals surface area (Å²) in [5.74, 6) is -0.588. The Kier molecular flexibility index (Phi) is 7.42. The van der Waals surface area contributed by atoms with E-state index in [1.807, 2.05) is 0 Å². The Morgan fingerprint density at radius 1 is 1.17 bits per heavy atom. The number of amides is 2. The molecule has 2 amide bonds. The van der Waals surface area contributed by atoms with E-state index in [1.54, 1.807) is 55.5 Å². The van der Waals surface area contributed by atoms with Gasteiger partial charge in [-0.15, -0.1) is 0 Å². The van der Waals surface area contributed by atoms with E-state index in [2.05, 4.69) is 0 Å². The number of carbonyl (C=O) groups is 3. The fourth-order valence-corrected chi connectivity index (χ4v) is 3.92. The van der Waals surface area contributed by atoms with Crippen LogP contribution in [0, 0.1) is 0 Å². The molecule has 0 aliphatic carbocycles. The number of halogens is 2. The maximum Gasteiger partial charge on any atom is 0.326 e. The lowest BCUT2D eigenvalue weighted by Crippen LogP contribution is -2.34. The molecular weight excluding hydrogens is 449 g/mol. The second kappa shape index (κ2) is 10.0. The smallest absolute Gasteiger partial charge is 0.326 e.